The first-order chi connectivity index (χ1) is 12.6. The summed E-state index contributed by atoms with van der Waals surface area (Å²) < 4.78 is 5.11. The average Bonchev–Trinajstić information content (AvgIpc) is 3.34. The van der Waals surface area contributed by atoms with Gasteiger partial charge in [-0.05, 0) is 24.3 Å². The van der Waals surface area contributed by atoms with Crippen molar-refractivity contribution in [2.24, 2.45) is 10.2 Å². The van der Waals surface area contributed by atoms with Crippen LogP contribution in [0.15, 0.2) is 57.3 Å². The predicted octanol–water partition coefficient (Wildman–Crippen LogP) is 1.80. The molecule has 0 aliphatic carbocycles. The highest BCUT2D eigenvalue weighted by molar-refractivity contribution is 8.15. The van der Waals surface area contributed by atoms with E-state index in [4.69, 9.17) is 4.42 Å². The molecule has 3 amide bonds. The fourth-order valence-electron chi connectivity index (χ4n) is 2.62. The van der Waals surface area contributed by atoms with Crippen molar-refractivity contribution in [1.82, 2.24) is 9.80 Å². The Hall–Kier alpha value is -3.20. The molecule has 2 aromatic rings. The number of thioether (sulfide) groups is 1. The quantitative estimate of drug-likeness (QED) is 0.466. The average molecular weight is 368 g/mol. The zero-order valence-electron chi connectivity index (χ0n) is 13.4. The third-order valence-electron chi connectivity index (χ3n) is 3.89. The van der Waals surface area contributed by atoms with E-state index in [0.717, 1.165) is 4.90 Å². The topological polar surface area (TPSA) is 95.6 Å². The van der Waals surface area contributed by atoms with E-state index in [9.17, 15) is 14.4 Å². The molecule has 1 aromatic carbocycles. The number of hydrogen-bond acceptors (Lipinski definition) is 7. The summed E-state index contributed by atoms with van der Waals surface area (Å²) in [6.45, 7) is -0.187. The Morgan fingerprint density at radius 3 is 2.42 bits per heavy atom. The SMILES string of the molecule is O=C1c2ccccc2C(=O)N1CN1C(=O)CS/C1=N\N=C\c1ccco1. The monoisotopic (exact) mass is 368 g/mol. The van der Waals surface area contributed by atoms with Crippen LogP contribution in [0.4, 0.5) is 0 Å². The molecule has 0 atom stereocenters. The van der Waals surface area contributed by atoms with Crippen LogP contribution >= 0.6 is 11.8 Å². The minimum Gasteiger partial charge on any atom is -0.463 e. The van der Waals surface area contributed by atoms with Crippen LogP contribution < -0.4 is 0 Å². The first-order valence-corrected chi connectivity index (χ1v) is 8.66. The minimum atomic E-state index is -0.422. The van der Waals surface area contributed by atoms with Gasteiger partial charge in [0.2, 0.25) is 5.91 Å². The molecule has 1 aromatic heterocycles. The number of hydrogen-bond donors (Lipinski definition) is 0. The van der Waals surface area contributed by atoms with Crippen LogP contribution in [0, 0.1) is 0 Å². The van der Waals surface area contributed by atoms with Crippen molar-refractivity contribution in [2.75, 3.05) is 12.4 Å². The van der Waals surface area contributed by atoms with Crippen molar-refractivity contribution in [1.29, 1.82) is 0 Å². The lowest BCUT2D eigenvalue weighted by molar-refractivity contribution is -0.124. The molecular formula is C17H12N4O4S. The highest BCUT2D eigenvalue weighted by atomic mass is 32.2. The van der Waals surface area contributed by atoms with Crippen LogP contribution in [0.2, 0.25) is 0 Å². The predicted molar refractivity (Wildman–Crippen MR) is 94.8 cm³/mol. The summed E-state index contributed by atoms with van der Waals surface area (Å²) in [6, 6.07) is 10.0. The first-order valence-electron chi connectivity index (χ1n) is 7.68. The van der Waals surface area contributed by atoms with E-state index in [-0.39, 0.29) is 18.3 Å². The Labute approximate surface area is 152 Å². The lowest BCUT2D eigenvalue weighted by Gasteiger charge is -2.21. The number of carbonyl (C=O) groups excluding carboxylic acids is 3. The molecule has 2 aliphatic heterocycles. The van der Waals surface area contributed by atoms with Crippen LogP contribution in [-0.4, -0.2) is 51.3 Å². The van der Waals surface area contributed by atoms with Gasteiger partial charge in [-0.15, -0.1) is 5.10 Å². The van der Waals surface area contributed by atoms with Gasteiger partial charge >= 0.3 is 0 Å². The Kier molecular flexibility index (Phi) is 4.13. The maximum absolute atomic E-state index is 12.5. The Morgan fingerprint density at radius 2 is 1.77 bits per heavy atom. The summed E-state index contributed by atoms with van der Waals surface area (Å²) in [5.41, 5.74) is 0.678. The molecule has 130 valence electrons. The maximum Gasteiger partial charge on any atom is 0.263 e. The van der Waals surface area contributed by atoms with Gasteiger partial charge in [0.05, 0.1) is 29.4 Å². The number of furan rings is 1. The Morgan fingerprint density at radius 1 is 1.04 bits per heavy atom. The lowest BCUT2D eigenvalue weighted by Crippen LogP contribution is -2.43. The van der Waals surface area contributed by atoms with Crippen LogP contribution in [0.3, 0.4) is 0 Å². The second kappa shape index (κ2) is 6.60. The van der Waals surface area contributed by atoms with E-state index in [1.54, 1.807) is 36.4 Å². The summed E-state index contributed by atoms with van der Waals surface area (Å²) in [7, 11) is 0. The van der Waals surface area contributed by atoms with Crippen molar-refractivity contribution >= 4 is 40.9 Å². The summed E-state index contributed by atoms with van der Waals surface area (Å²) in [5.74, 6) is -0.380. The number of nitrogens with zero attached hydrogens (tertiary/aromatic N) is 4. The van der Waals surface area contributed by atoms with E-state index >= 15 is 0 Å². The third-order valence-corrected chi connectivity index (χ3v) is 4.84. The molecule has 2 aliphatic rings. The van der Waals surface area contributed by atoms with Gasteiger partial charge in [0.1, 0.15) is 12.4 Å². The van der Waals surface area contributed by atoms with Gasteiger partial charge in [-0.3, -0.25) is 24.2 Å². The standard InChI is InChI=1S/C17H12N4O4S/c22-14-9-26-17(19-18-8-11-4-3-7-25-11)20(14)10-21-15(23)12-5-1-2-6-13(12)16(21)24/h1-8H,9-10H2/b18-8+,19-17-. The maximum atomic E-state index is 12.5. The zero-order chi connectivity index (χ0) is 18.1. The Bertz CT molecular complexity index is 916. The van der Waals surface area contributed by atoms with Crippen molar-refractivity contribution in [3.05, 3.63) is 59.5 Å². The molecule has 26 heavy (non-hydrogen) atoms. The molecule has 1 saturated heterocycles. The summed E-state index contributed by atoms with van der Waals surface area (Å²) in [4.78, 5) is 39.4. The molecule has 1 fully saturated rings. The van der Waals surface area contributed by atoms with Gasteiger partial charge in [-0.25, -0.2) is 0 Å². The smallest absolute Gasteiger partial charge is 0.263 e. The van der Waals surface area contributed by atoms with Crippen LogP contribution in [0.25, 0.3) is 0 Å². The fourth-order valence-corrected chi connectivity index (χ4v) is 3.45. The molecule has 0 bridgehead atoms. The molecule has 4 rings (SSSR count). The number of fused-ring (bicyclic) bond motifs is 1. The summed E-state index contributed by atoms with van der Waals surface area (Å²) in [6.07, 6.45) is 2.92. The van der Waals surface area contributed by atoms with E-state index in [2.05, 4.69) is 10.2 Å². The van der Waals surface area contributed by atoms with E-state index < -0.39 is 11.8 Å². The number of benzene rings is 1. The van der Waals surface area contributed by atoms with Crippen LogP contribution in [-0.2, 0) is 4.79 Å². The van der Waals surface area contributed by atoms with Gasteiger partial charge < -0.3 is 4.42 Å². The van der Waals surface area contributed by atoms with Gasteiger partial charge in [0.15, 0.2) is 5.17 Å². The second-order valence-corrected chi connectivity index (χ2v) is 6.42. The van der Waals surface area contributed by atoms with Gasteiger partial charge in [0, 0.05) is 0 Å². The Balaban J connectivity index is 1.54. The molecule has 0 N–H and O–H groups in total. The largest absolute Gasteiger partial charge is 0.463 e. The van der Waals surface area contributed by atoms with E-state index in [1.807, 2.05) is 0 Å². The molecule has 9 heteroatoms. The van der Waals surface area contributed by atoms with Gasteiger partial charge in [-0.1, -0.05) is 23.9 Å². The normalized spacial score (nSPS) is 18.6. The second-order valence-electron chi connectivity index (χ2n) is 5.48. The number of amides is 3. The number of rotatable bonds is 4. The van der Waals surface area contributed by atoms with Crippen LogP contribution in [0.1, 0.15) is 26.5 Å². The summed E-state index contributed by atoms with van der Waals surface area (Å²) >= 11 is 1.20. The highest BCUT2D eigenvalue weighted by Crippen LogP contribution is 2.26. The zero-order valence-corrected chi connectivity index (χ0v) is 14.2. The molecule has 0 unspecified atom stereocenters. The fraction of sp³-hybridized carbons (Fsp3) is 0.118. The number of imide groups is 1. The minimum absolute atomic E-state index is 0.179. The number of amidine groups is 1. The molecule has 3 heterocycles. The van der Waals surface area contributed by atoms with Crippen LogP contribution in [0.5, 0.6) is 0 Å². The molecule has 8 nitrogen and oxygen atoms in total. The first kappa shape index (κ1) is 16.3. The van der Waals surface area contributed by atoms with Crippen molar-refractivity contribution in [2.45, 2.75) is 0 Å². The van der Waals surface area contributed by atoms with Gasteiger partial charge in [-0.2, -0.15) is 5.10 Å². The molecular weight excluding hydrogens is 356 g/mol. The molecule has 0 saturated carbocycles. The third kappa shape index (κ3) is 2.82. The van der Waals surface area contributed by atoms with E-state index in [1.165, 1.54) is 29.1 Å². The molecule has 0 radical (unpaired) electrons. The van der Waals surface area contributed by atoms with E-state index in [0.29, 0.717) is 22.1 Å². The molecule has 0 spiro atoms. The summed E-state index contributed by atoms with van der Waals surface area (Å²) in [5, 5.41) is 8.24. The highest BCUT2D eigenvalue weighted by Gasteiger charge is 2.39. The van der Waals surface area contributed by atoms with Crippen molar-refractivity contribution in [3.8, 4) is 0 Å². The van der Waals surface area contributed by atoms with Crippen molar-refractivity contribution < 1.29 is 18.8 Å². The lowest BCUT2D eigenvalue weighted by atomic mass is 10.1. The van der Waals surface area contributed by atoms with Crippen molar-refractivity contribution in [3.63, 3.8) is 0 Å². The van der Waals surface area contributed by atoms with Gasteiger partial charge in [0.25, 0.3) is 11.8 Å². The number of carbonyl (C=O) groups is 3.